The van der Waals surface area contributed by atoms with Gasteiger partial charge in [0.2, 0.25) is 0 Å². The molecule has 1 unspecified atom stereocenters. The van der Waals surface area contributed by atoms with E-state index in [0.717, 1.165) is 18.2 Å². The van der Waals surface area contributed by atoms with Crippen LogP contribution in [0.3, 0.4) is 0 Å². The second-order valence-electron chi connectivity index (χ2n) is 5.92. The molecule has 0 amide bonds. The highest BCUT2D eigenvalue weighted by molar-refractivity contribution is 5.70. The van der Waals surface area contributed by atoms with Crippen LogP contribution in [0.2, 0.25) is 0 Å². The second kappa shape index (κ2) is 8.07. The van der Waals surface area contributed by atoms with Crippen molar-refractivity contribution < 1.29 is 27.1 Å². The summed E-state index contributed by atoms with van der Waals surface area (Å²) in [7, 11) is 0. The van der Waals surface area contributed by atoms with Gasteiger partial charge in [-0.3, -0.25) is 4.79 Å². The Morgan fingerprint density at radius 1 is 1.11 bits per heavy atom. The standard InChI is InChI=1S/C20H16F3NO3/c1-12(16-10-15(22)6-7-17(16)23)26-20(25)9-8-19-24-11-18(27-19)13-2-4-14(21)5-3-13/h2-7,10-12H,8-9H2,1H3. The maximum atomic E-state index is 13.7. The van der Waals surface area contributed by atoms with Crippen LogP contribution in [-0.2, 0) is 16.0 Å². The number of aromatic nitrogens is 1. The average molecular weight is 375 g/mol. The molecule has 2 aromatic carbocycles. The molecule has 4 nitrogen and oxygen atoms in total. The molecule has 3 aromatic rings. The third-order valence-corrected chi connectivity index (χ3v) is 3.93. The van der Waals surface area contributed by atoms with Crippen molar-refractivity contribution in [3.63, 3.8) is 0 Å². The van der Waals surface area contributed by atoms with Crippen molar-refractivity contribution in [2.24, 2.45) is 0 Å². The van der Waals surface area contributed by atoms with Crippen LogP contribution < -0.4 is 0 Å². The summed E-state index contributed by atoms with van der Waals surface area (Å²) in [5, 5.41) is 0. The molecule has 0 N–H and O–H groups in total. The topological polar surface area (TPSA) is 52.3 Å². The zero-order valence-electron chi connectivity index (χ0n) is 14.4. The van der Waals surface area contributed by atoms with E-state index in [1.54, 1.807) is 12.1 Å². The summed E-state index contributed by atoms with van der Waals surface area (Å²) in [5.41, 5.74) is 0.631. The first kappa shape index (κ1) is 18.7. The summed E-state index contributed by atoms with van der Waals surface area (Å²) in [4.78, 5) is 16.0. The van der Waals surface area contributed by atoms with Crippen LogP contribution in [0, 0.1) is 17.5 Å². The maximum absolute atomic E-state index is 13.7. The van der Waals surface area contributed by atoms with E-state index in [1.807, 2.05) is 0 Å². The van der Waals surface area contributed by atoms with Crippen LogP contribution in [-0.4, -0.2) is 11.0 Å². The van der Waals surface area contributed by atoms with Crippen molar-refractivity contribution in [1.82, 2.24) is 4.98 Å². The van der Waals surface area contributed by atoms with Gasteiger partial charge in [-0.2, -0.15) is 0 Å². The molecular weight excluding hydrogens is 359 g/mol. The first-order chi connectivity index (χ1) is 12.9. The minimum atomic E-state index is -0.924. The van der Waals surface area contributed by atoms with Crippen molar-refractivity contribution in [3.05, 3.63) is 77.6 Å². The maximum Gasteiger partial charge on any atom is 0.306 e. The summed E-state index contributed by atoms with van der Waals surface area (Å²) < 4.78 is 50.6. The summed E-state index contributed by atoms with van der Waals surface area (Å²) in [5.74, 6) is -1.43. The molecule has 0 radical (unpaired) electrons. The van der Waals surface area contributed by atoms with Crippen molar-refractivity contribution in [2.45, 2.75) is 25.9 Å². The minimum absolute atomic E-state index is 0.0296. The number of esters is 1. The van der Waals surface area contributed by atoms with E-state index in [1.165, 1.54) is 25.3 Å². The SMILES string of the molecule is CC(OC(=O)CCc1ncc(-c2ccc(F)cc2)o1)c1cc(F)ccc1F. The number of nitrogens with zero attached hydrogens (tertiary/aromatic N) is 1. The highest BCUT2D eigenvalue weighted by atomic mass is 19.1. The van der Waals surface area contributed by atoms with Crippen molar-refractivity contribution >= 4 is 5.97 Å². The third kappa shape index (κ3) is 4.75. The largest absolute Gasteiger partial charge is 0.458 e. The van der Waals surface area contributed by atoms with E-state index in [0.29, 0.717) is 17.2 Å². The van der Waals surface area contributed by atoms with Crippen LogP contribution in [0.15, 0.2) is 53.1 Å². The fraction of sp³-hybridized carbons (Fsp3) is 0.200. The quantitative estimate of drug-likeness (QED) is 0.569. The number of rotatable bonds is 6. The zero-order chi connectivity index (χ0) is 19.4. The van der Waals surface area contributed by atoms with E-state index in [-0.39, 0.29) is 24.2 Å². The van der Waals surface area contributed by atoms with Gasteiger partial charge < -0.3 is 9.15 Å². The number of halogens is 3. The Kier molecular flexibility index (Phi) is 5.59. The van der Waals surface area contributed by atoms with Crippen LogP contribution >= 0.6 is 0 Å². The van der Waals surface area contributed by atoms with E-state index >= 15 is 0 Å². The number of hydrogen-bond acceptors (Lipinski definition) is 4. The number of aryl methyl sites for hydroxylation is 1. The predicted octanol–water partition coefficient (Wildman–Crippen LogP) is 5.00. The zero-order valence-corrected chi connectivity index (χ0v) is 14.4. The van der Waals surface area contributed by atoms with Gasteiger partial charge in [0.15, 0.2) is 11.7 Å². The van der Waals surface area contributed by atoms with Crippen molar-refractivity contribution in [2.75, 3.05) is 0 Å². The lowest BCUT2D eigenvalue weighted by Crippen LogP contribution is -2.11. The fourth-order valence-corrected chi connectivity index (χ4v) is 2.53. The number of ether oxygens (including phenoxy) is 1. The molecule has 0 bridgehead atoms. The van der Waals surface area contributed by atoms with Gasteiger partial charge in [-0.15, -0.1) is 0 Å². The van der Waals surface area contributed by atoms with Gasteiger partial charge in [0, 0.05) is 17.5 Å². The van der Waals surface area contributed by atoms with Gasteiger partial charge in [-0.1, -0.05) is 0 Å². The van der Waals surface area contributed by atoms with E-state index in [4.69, 9.17) is 9.15 Å². The van der Waals surface area contributed by atoms with E-state index in [9.17, 15) is 18.0 Å². The lowest BCUT2D eigenvalue weighted by molar-refractivity contribution is -0.148. The predicted molar refractivity (Wildman–Crippen MR) is 91.1 cm³/mol. The number of carbonyl (C=O) groups is 1. The summed E-state index contributed by atoms with van der Waals surface area (Å²) >= 11 is 0. The molecule has 1 atom stereocenters. The van der Waals surface area contributed by atoms with Gasteiger partial charge in [-0.05, 0) is 49.4 Å². The number of carbonyl (C=O) groups excluding carboxylic acids is 1. The molecular formula is C20H16F3NO3. The Balaban J connectivity index is 1.56. The Morgan fingerprint density at radius 2 is 1.81 bits per heavy atom. The summed E-state index contributed by atoms with van der Waals surface area (Å²) in [6.07, 6.45) is 0.703. The van der Waals surface area contributed by atoms with Gasteiger partial charge >= 0.3 is 5.97 Å². The van der Waals surface area contributed by atoms with Crippen molar-refractivity contribution in [1.29, 1.82) is 0 Å². The Labute approximate surface area is 153 Å². The first-order valence-corrected chi connectivity index (χ1v) is 8.27. The molecule has 7 heteroatoms. The molecule has 0 aliphatic carbocycles. The molecule has 0 saturated carbocycles. The van der Waals surface area contributed by atoms with Crippen molar-refractivity contribution in [3.8, 4) is 11.3 Å². The van der Waals surface area contributed by atoms with Gasteiger partial charge in [-0.25, -0.2) is 18.2 Å². The van der Waals surface area contributed by atoms with Gasteiger partial charge in [0.1, 0.15) is 23.6 Å². The molecule has 1 heterocycles. The Morgan fingerprint density at radius 3 is 2.56 bits per heavy atom. The summed E-state index contributed by atoms with van der Waals surface area (Å²) in [6, 6.07) is 8.71. The van der Waals surface area contributed by atoms with Crippen LogP contribution in [0.5, 0.6) is 0 Å². The third-order valence-electron chi connectivity index (χ3n) is 3.93. The molecule has 0 saturated heterocycles. The highest BCUT2D eigenvalue weighted by Gasteiger charge is 2.17. The monoisotopic (exact) mass is 375 g/mol. The molecule has 1 aromatic heterocycles. The Hall–Kier alpha value is -3.09. The molecule has 27 heavy (non-hydrogen) atoms. The fourth-order valence-electron chi connectivity index (χ4n) is 2.53. The minimum Gasteiger partial charge on any atom is -0.458 e. The summed E-state index contributed by atoms with van der Waals surface area (Å²) in [6.45, 7) is 1.47. The van der Waals surface area contributed by atoms with Crippen LogP contribution in [0.25, 0.3) is 11.3 Å². The van der Waals surface area contributed by atoms with E-state index < -0.39 is 23.7 Å². The molecule has 0 fully saturated rings. The number of hydrogen-bond donors (Lipinski definition) is 0. The van der Waals surface area contributed by atoms with Gasteiger partial charge in [0.25, 0.3) is 0 Å². The Bertz CT molecular complexity index is 938. The molecule has 0 aliphatic heterocycles. The lowest BCUT2D eigenvalue weighted by Gasteiger charge is -2.14. The molecule has 0 aliphatic rings. The molecule has 3 rings (SSSR count). The molecule has 140 valence electrons. The van der Waals surface area contributed by atoms with E-state index in [2.05, 4.69) is 4.98 Å². The number of oxazole rings is 1. The van der Waals surface area contributed by atoms with Crippen LogP contribution in [0.1, 0.15) is 30.9 Å². The normalized spacial score (nSPS) is 12.0. The smallest absolute Gasteiger partial charge is 0.306 e. The average Bonchev–Trinajstić information content (AvgIpc) is 3.11. The van der Waals surface area contributed by atoms with Gasteiger partial charge in [0.05, 0.1) is 12.6 Å². The highest BCUT2D eigenvalue weighted by Crippen LogP contribution is 2.23. The lowest BCUT2D eigenvalue weighted by atomic mass is 10.1. The number of benzene rings is 2. The first-order valence-electron chi connectivity index (χ1n) is 8.27. The molecule has 0 spiro atoms. The second-order valence-corrected chi connectivity index (χ2v) is 5.92. The van der Waals surface area contributed by atoms with Crippen LogP contribution in [0.4, 0.5) is 13.2 Å².